The summed E-state index contributed by atoms with van der Waals surface area (Å²) in [5.74, 6) is 0.713. The van der Waals surface area contributed by atoms with E-state index in [2.05, 4.69) is 72.3 Å². The molecule has 4 heteroatoms. The smallest absolute Gasteiger partial charge is 0.103 e. The summed E-state index contributed by atoms with van der Waals surface area (Å²) in [5, 5.41) is 0. The highest BCUT2D eigenvalue weighted by Gasteiger charge is 2.27. The molecular formula is C16H30N4. The molecule has 0 radical (unpaired) electrons. The van der Waals surface area contributed by atoms with E-state index >= 15 is 0 Å². The summed E-state index contributed by atoms with van der Waals surface area (Å²) in [4.78, 5) is 9.47. The van der Waals surface area contributed by atoms with Gasteiger partial charge in [0.05, 0.1) is 6.67 Å². The van der Waals surface area contributed by atoms with Crippen molar-refractivity contribution in [3.63, 3.8) is 0 Å². The summed E-state index contributed by atoms with van der Waals surface area (Å²) < 4.78 is 0. The fraction of sp³-hybridized carbons (Fsp3) is 0.750. The van der Waals surface area contributed by atoms with E-state index in [1.54, 1.807) is 0 Å². The van der Waals surface area contributed by atoms with Crippen molar-refractivity contribution in [3.8, 4) is 0 Å². The molecule has 114 valence electrons. The molecule has 0 spiro atoms. The maximum atomic E-state index is 2.51. The van der Waals surface area contributed by atoms with E-state index < -0.39 is 0 Å². The average molecular weight is 278 g/mol. The third-order valence-electron chi connectivity index (χ3n) is 4.45. The van der Waals surface area contributed by atoms with Crippen LogP contribution in [0.25, 0.3) is 0 Å². The quantitative estimate of drug-likeness (QED) is 0.663. The molecule has 0 aliphatic carbocycles. The van der Waals surface area contributed by atoms with Gasteiger partial charge in [0.25, 0.3) is 0 Å². The summed E-state index contributed by atoms with van der Waals surface area (Å²) in [5.41, 5.74) is 0. The Morgan fingerprint density at radius 2 is 1.80 bits per heavy atom. The number of unbranched alkanes of at least 4 members (excludes halogenated alkanes) is 1. The maximum absolute atomic E-state index is 2.51. The third kappa shape index (κ3) is 3.62. The minimum Gasteiger partial charge on any atom is -0.362 e. The lowest BCUT2D eigenvalue weighted by Crippen LogP contribution is -2.42. The van der Waals surface area contributed by atoms with Crippen LogP contribution >= 0.6 is 0 Å². The van der Waals surface area contributed by atoms with Crippen LogP contribution in [0.3, 0.4) is 0 Å². The molecule has 2 aliphatic heterocycles. The Kier molecular flexibility index (Phi) is 5.21. The topological polar surface area (TPSA) is 13.0 Å². The van der Waals surface area contributed by atoms with Crippen LogP contribution in [0.4, 0.5) is 0 Å². The number of rotatable bonds is 7. The molecule has 4 nitrogen and oxygen atoms in total. The Morgan fingerprint density at radius 3 is 2.45 bits per heavy atom. The maximum Gasteiger partial charge on any atom is 0.103 e. The van der Waals surface area contributed by atoms with Gasteiger partial charge in [0.15, 0.2) is 0 Å². The normalized spacial score (nSPS) is 23.3. The molecule has 0 aromatic rings. The molecular weight excluding hydrogens is 248 g/mol. The highest BCUT2D eigenvalue weighted by atomic mass is 15.4. The van der Waals surface area contributed by atoms with E-state index in [-0.39, 0.29) is 0 Å². The minimum absolute atomic E-state index is 0.554. The molecule has 0 fully saturated rings. The molecule has 0 bridgehead atoms. The second-order valence-electron chi connectivity index (χ2n) is 6.22. The second kappa shape index (κ2) is 6.91. The second-order valence-corrected chi connectivity index (χ2v) is 6.22. The first-order valence-corrected chi connectivity index (χ1v) is 7.90. The Balaban J connectivity index is 1.68. The molecule has 2 atom stereocenters. The number of hydrogen-bond donors (Lipinski definition) is 0. The van der Waals surface area contributed by atoms with E-state index in [0.717, 1.165) is 6.67 Å². The van der Waals surface area contributed by atoms with E-state index in [1.807, 2.05) is 0 Å². The zero-order chi connectivity index (χ0) is 14.5. The Morgan fingerprint density at radius 1 is 1.05 bits per heavy atom. The van der Waals surface area contributed by atoms with E-state index in [1.165, 1.54) is 32.4 Å². The standard InChI is InChI=1S/C16H30N4/c1-5-15(2)16-18(4)11-13-20(16)9-7-6-8-19-12-10-17(3)14-19/h10-13,15-16H,5-9,14H2,1-4H3. The Hall–Kier alpha value is -1.32. The molecule has 0 aromatic carbocycles. The van der Waals surface area contributed by atoms with Gasteiger partial charge < -0.3 is 19.6 Å². The van der Waals surface area contributed by atoms with Crippen LogP contribution in [0.2, 0.25) is 0 Å². The van der Waals surface area contributed by atoms with Crippen molar-refractivity contribution in [2.45, 2.75) is 39.3 Å². The monoisotopic (exact) mass is 278 g/mol. The van der Waals surface area contributed by atoms with Crippen molar-refractivity contribution in [2.75, 3.05) is 33.9 Å². The van der Waals surface area contributed by atoms with Crippen molar-refractivity contribution in [1.29, 1.82) is 0 Å². The van der Waals surface area contributed by atoms with Gasteiger partial charge in [-0.2, -0.15) is 0 Å². The van der Waals surface area contributed by atoms with Gasteiger partial charge in [-0.1, -0.05) is 13.8 Å². The van der Waals surface area contributed by atoms with Crippen molar-refractivity contribution in [2.24, 2.45) is 5.92 Å². The van der Waals surface area contributed by atoms with Gasteiger partial charge in [-0.15, -0.1) is 0 Å². The number of nitrogens with zero attached hydrogens (tertiary/aromatic N) is 4. The average Bonchev–Trinajstić information content (AvgIpc) is 3.00. The SMILES string of the molecule is CCC(C)C1N(C)C=CN1CCCCN1C=CN(C)C1. The van der Waals surface area contributed by atoms with Gasteiger partial charge >= 0.3 is 0 Å². The van der Waals surface area contributed by atoms with Crippen molar-refractivity contribution < 1.29 is 0 Å². The number of hydrogen-bond acceptors (Lipinski definition) is 4. The molecule has 0 amide bonds. The Labute approximate surface area is 124 Å². The lowest BCUT2D eigenvalue weighted by Gasteiger charge is -2.35. The van der Waals surface area contributed by atoms with E-state index in [9.17, 15) is 0 Å². The van der Waals surface area contributed by atoms with Gasteiger partial charge in [0.2, 0.25) is 0 Å². The summed E-state index contributed by atoms with van der Waals surface area (Å²) in [6, 6.07) is 0. The minimum atomic E-state index is 0.554. The summed E-state index contributed by atoms with van der Waals surface area (Å²) >= 11 is 0. The lowest BCUT2D eigenvalue weighted by molar-refractivity contribution is 0.114. The van der Waals surface area contributed by atoms with Crippen LogP contribution in [0, 0.1) is 5.92 Å². The third-order valence-corrected chi connectivity index (χ3v) is 4.45. The lowest BCUT2D eigenvalue weighted by atomic mass is 10.0. The molecule has 2 rings (SSSR count). The largest absolute Gasteiger partial charge is 0.362 e. The molecule has 0 N–H and O–H groups in total. The summed E-state index contributed by atoms with van der Waals surface area (Å²) in [7, 11) is 4.32. The van der Waals surface area contributed by atoms with Crippen LogP contribution in [-0.2, 0) is 0 Å². The van der Waals surface area contributed by atoms with E-state index in [4.69, 9.17) is 0 Å². The molecule has 2 aliphatic rings. The van der Waals surface area contributed by atoms with Crippen LogP contribution in [0.15, 0.2) is 24.8 Å². The van der Waals surface area contributed by atoms with Crippen molar-refractivity contribution >= 4 is 0 Å². The van der Waals surface area contributed by atoms with E-state index in [0.29, 0.717) is 12.1 Å². The summed E-state index contributed by atoms with van der Waals surface area (Å²) in [6.07, 6.45) is 13.1. The predicted octanol–water partition coefficient (Wildman–Crippen LogP) is 2.53. The van der Waals surface area contributed by atoms with Crippen LogP contribution < -0.4 is 0 Å². The van der Waals surface area contributed by atoms with Gasteiger partial charge in [0, 0.05) is 52.0 Å². The van der Waals surface area contributed by atoms with Gasteiger partial charge in [-0.05, 0) is 25.2 Å². The van der Waals surface area contributed by atoms with Crippen LogP contribution in [-0.4, -0.2) is 59.6 Å². The van der Waals surface area contributed by atoms with Crippen LogP contribution in [0.5, 0.6) is 0 Å². The fourth-order valence-corrected chi connectivity index (χ4v) is 3.09. The zero-order valence-electron chi connectivity index (χ0n) is 13.5. The fourth-order valence-electron chi connectivity index (χ4n) is 3.09. The first-order chi connectivity index (χ1) is 9.61. The summed E-state index contributed by atoms with van der Waals surface area (Å²) in [6.45, 7) is 8.02. The highest BCUT2D eigenvalue weighted by molar-refractivity contribution is 4.97. The van der Waals surface area contributed by atoms with Crippen molar-refractivity contribution in [1.82, 2.24) is 19.6 Å². The first-order valence-electron chi connectivity index (χ1n) is 7.90. The van der Waals surface area contributed by atoms with Gasteiger partial charge in [-0.25, -0.2) is 0 Å². The molecule has 2 heterocycles. The molecule has 0 saturated carbocycles. The molecule has 2 unspecified atom stereocenters. The Bertz CT molecular complexity index is 352. The highest BCUT2D eigenvalue weighted by Crippen LogP contribution is 2.23. The predicted molar refractivity (Wildman–Crippen MR) is 84.6 cm³/mol. The van der Waals surface area contributed by atoms with Gasteiger partial charge in [0.1, 0.15) is 6.17 Å². The van der Waals surface area contributed by atoms with Crippen LogP contribution in [0.1, 0.15) is 33.1 Å². The van der Waals surface area contributed by atoms with Gasteiger partial charge in [-0.3, -0.25) is 0 Å². The molecule has 20 heavy (non-hydrogen) atoms. The molecule has 0 aromatic heterocycles. The van der Waals surface area contributed by atoms with Crippen molar-refractivity contribution in [3.05, 3.63) is 24.8 Å². The zero-order valence-corrected chi connectivity index (χ0v) is 13.5. The molecule has 0 saturated heterocycles. The first kappa shape index (κ1) is 15.1.